The second-order valence-corrected chi connectivity index (χ2v) is 4.57. The lowest BCUT2D eigenvalue weighted by atomic mass is 10.0. The van der Waals surface area contributed by atoms with Crippen molar-refractivity contribution in [3.8, 4) is 0 Å². The van der Waals surface area contributed by atoms with Crippen molar-refractivity contribution in [3.63, 3.8) is 0 Å². The lowest BCUT2D eigenvalue weighted by Gasteiger charge is -2.18. The lowest BCUT2D eigenvalue weighted by Crippen LogP contribution is -2.30. The fourth-order valence-electron chi connectivity index (χ4n) is 2.03. The highest BCUT2D eigenvalue weighted by atomic mass is 35.5. The minimum Gasteiger partial charge on any atom is -0.271 e. The second kappa shape index (κ2) is 6.00. The van der Waals surface area contributed by atoms with E-state index in [2.05, 4.69) is 17.4 Å². The summed E-state index contributed by atoms with van der Waals surface area (Å²) in [6, 6.07) is 9.55. The van der Waals surface area contributed by atoms with Gasteiger partial charge in [0.2, 0.25) is 0 Å². The van der Waals surface area contributed by atoms with E-state index in [1.807, 2.05) is 35.0 Å². The van der Waals surface area contributed by atoms with E-state index in [4.69, 9.17) is 17.4 Å². The molecule has 0 spiro atoms. The predicted molar refractivity (Wildman–Crippen MR) is 73.1 cm³/mol. The highest BCUT2D eigenvalue weighted by Gasteiger charge is 2.16. The number of halogens is 1. The largest absolute Gasteiger partial charge is 0.271 e. The molecule has 0 aliphatic rings. The van der Waals surface area contributed by atoms with Crippen molar-refractivity contribution in [2.75, 3.05) is 0 Å². The summed E-state index contributed by atoms with van der Waals surface area (Å²) in [4.78, 5) is 0. The molecule has 0 aliphatic heterocycles. The van der Waals surface area contributed by atoms with E-state index in [0.29, 0.717) is 5.02 Å². The highest BCUT2D eigenvalue weighted by molar-refractivity contribution is 6.30. The van der Waals surface area contributed by atoms with Gasteiger partial charge >= 0.3 is 0 Å². The maximum Gasteiger partial charge on any atom is 0.0878 e. The number of aromatic nitrogens is 2. The van der Waals surface area contributed by atoms with E-state index in [1.165, 1.54) is 0 Å². The molecule has 0 fully saturated rings. The van der Waals surface area contributed by atoms with Crippen LogP contribution in [0.1, 0.15) is 30.6 Å². The van der Waals surface area contributed by atoms with Crippen molar-refractivity contribution < 1.29 is 0 Å². The molecule has 1 unspecified atom stereocenters. The Kier molecular flexibility index (Phi) is 4.36. The van der Waals surface area contributed by atoms with Gasteiger partial charge in [-0.2, -0.15) is 5.10 Å². The van der Waals surface area contributed by atoms with E-state index in [-0.39, 0.29) is 6.04 Å². The number of nitrogens with one attached hydrogen (secondary N) is 1. The predicted octanol–water partition coefficient (Wildman–Crippen LogP) is 2.50. The van der Waals surface area contributed by atoms with Crippen LogP contribution in [-0.2, 0) is 6.54 Å². The van der Waals surface area contributed by atoms with Crippen LogP contribution in [0.2, 0.25) is 5.02 Å². The van der Waals surface area contributed by atoms with Crippen LogP contribution in [-0.4, -0.2) is 9.78 Å². The summed E-state index contributed by atoms with van der Waals surface area (Å²) in [5, 5.41) is 5.01. The molecule has 18 heavy (non-hydrogen) atoms. The average Bonchev–Trinajstić information content (AvgIpc) is 2.79. The van der Waals surface area contributed by atoms with E-state index in [9.17, 15) is 0 Å². The molecule has 0 bridgehead atoms. The zero-order chi connectivity index (χ0) is 13.0. The molecule has 0 radical (unpaired) electrons. The summed E-state index contributed by atoms with van der Waals surface area (Å²) in [7, 11) is 0. The fraction of sp³-hybridized carbons (Fsp3) is 0.308. The fourth-order valence-corrected chi connectivity index (χ4v) is 2.22. The molecule has 3 N–H and O–H groups in total. The molecular weight excluding hydrogens is 248 g/mol. The topological polar surface area (TPSA) is 55.9 Å². The Balaban J connectivity index is 2.36. The summed E-state index contributed by atoms with van der Waals surface area (Å²) >= 11 is 6.02. The molecule has 0 saturated heterocycles. The number of hydrogen-bond acceptors (Lipinski definition) is 3. The van der Waals surface area contributed by atoms with Crippen LogP contribution in [0.3, 0.4) is 0 Å². The molecule has 0 saturated carbocycles. The van der Waals surface area contributed by atoms with Crippen molar-refractivity contribution in [2.45, 2.75) is 25.9 Å². The summed E-state index contributed by atoms with van der Waals surface area (Å²) in [6.45, 7) is 3.00. The molecule has 2 rings (SSSR count). The Morgan fingerprint density at radius 1 is 1.44 bits per heavy atom. The van der Waals surface area contributed by atoms with Gasteiger partial charge in [0.05, 0.1) is 11.7 Å². The first kappa shape index (κ1) is 13.1. The van der Waals surface area contributed by atoms with Gasteiger partial charge in [0.1, 0.15) is 0 Å². The normalized spacial score (nSPS) is 12.6. The lowest BCUT2D eigenvalue weighted by molar-refractivity contribution is 0.521. The van der Waals surface area contributed by atoms with Crippen molar-refractivity contribution in [1.82, 2.24) is 15.2 Å². The van der Waals surface area contributed by atoms with Crippen LogP contribution in [0.4, 0.5) is 0 Å². The highest BCUT2D eigenvalue weighted by Crippen LogP contribution is 2.23. The molecule has 1 heterocycles. The van der Waals surface area contributed by atoms with Crippen LogP contribution in [0.15, 0.2) is 36.5 Å². The van der Waals surface area contributed by atoms with E-state index in [1.54, 1.807) is 6.20 Å². The van der Waals surface area contributed by atoms with Crippen LogP contribution in [0.25, 0.3) is 0 Å². The Labute approximate surface area is 112 Å². The molecule has 1 aromatic carbocycles. The van der Waals surface area contributed by atoms with Crippen molar-refractivity contribution in [1.29, 1.82) is 0 Å². The zero-order valence-corrected chi connectivity index (χ0v) is 11.1. The number of aryl methyl sites for hydroxylation is 1. The van der Waals surface area contributed by atoms with Gasteiger partial charge in [-0.3, -0.25) is 10.5 Å². The third kappa shape index (κ3) is 2.72. The molecule has 5 heteroatoms. The molecule has 1 aromatic heterocycles. The Morgan fingerprint density at radius 3 is 2.94 bits per heavy atom. The van der Waals surface area contributed by atoms with Crippen LogP contribution < -0.4 is 11.3 Å². The van der Waals surface area contributed by atoms with Gasteiger partial charge in [-0.15, -0.1) is 0 Å². The molecule has 4 nitrogen and oxygen atoms in total. The summed E-state index contributed by atoms with van der Waals surface area (Å²) in [5.74, 6) is 5.68. The third-order valence-electron chi connectivity index (χ3n) is 2.83. The first-order chi connectivity index (χ1) is 8.76. The standard InChI is InChI=1S/C13H17ClN4/c1-2-8-18-12(6-7-16-18)13(17-15)10-4-3-5-11(14)9-10/h3-7,9,13,17H,2,8,15H2,1H3. The van der Waals surface area contributed by atoms with Gasteiger partial charge in [0, 0.05) is 17.8 Å². The summed E-state index contributed by atoms with van der Waals surface area (Å²) in [6.07, 6.45) is 2.82. The SMILES string of the molecule is CCCn1nccc1C(NN)c1cccc(Cl)c1. The Bertz CT molecular complexity index is 509. The van der Waals surface area contributed by atoms with Gasteiger partial charge in [-0.05, 0) is 30.2 Å². The number of benzene rings is 1. The molecule has 1 atom stereocenters. The summed E-state index contributed by atoms with van der Waals surface area (Å²) < 4.78 is 1.96. The minimum absolute atomic E-state index is 0.0993. The molecule has 96 valence electrons. The van der Waals surface area contributed by atoms with E-state index >= 15 is 0 Å². The van der Waals surface area contributed by atoms with Crippen molar-refractivity contribution in [3.05, 3.63) is 52.8 Å². The Morgan fingerprint density at radius 2 is 2.28 bits per heavy atom. The third-order valence-corrected chi connectivity index (χ3v) is 3.06. The van der Waals surface area contributed by atoms with Crippen LogP contribution in [0.5, 0.6) is 0 Å². The smallest absolute Gasteiger partial charge is 0.0878 e. The monoisotopic (exact) mass is 264 g/mol. The number of nitrogens with two attached hydrogens (primary N) is 1. The van der Waals surface area contributed by atoms with Gasteiger partial charge < -0.3 is 0 Å². The van der Waals surface area contributed by atoms with Gasteiger partial charge in [0.25, 0.3) is 0 Å². The van der Waals surface area contributed by atoms with Crippen molar-refractivity contribution >= 4 is 11.6 Å². The molecular formula is C13H17ClN4. The van der Waals surface area contributed by atoms with Crippen molar-refractivity contribution in [2.24, 2.45) is 5.84 Å². The minimum atomic E-state index is -0.0993. The Hall–Kier alpha value is -1.36. The number of nitrogens with zero attached hydrogens (tertiary/aromatic N) is 2. The number of hydrazine groups is 1. The maximum atomic E-state index is 6.02. The first-order valence-electron chi connectivity index (χ1n) is 5.99. The van der Waals surface area contributed by atoms with Gasteiger partial charge in [-0.1, -0.05) is 30.7 Å². The van der Waals surface area contributed by atoms with Gasteiger partial charge in [-0.25, -0.2) is 5.43 Å². The van der Waals surface area contributed by atoms with Crippen LogP contribution in [0, 0.1) is 0 Å². The number of hydrogen-bond donors (Lipinski definition) is 2. The average molecular weight is 265 g/mol. The number of rotatable bonds is 5. The maximum absolute atomic E-state index is 6.02. The molecule has 2 aromatic rings. The van der Waals surface area contributed by atoms with Gasteiger partial charge in [0.15, 0.2) is 0 Å². The molecule has 0 amide bonds. The second-order valence-electron chi connectivity index (χ2n) is 4.13. The van der Waals surface area contributed by atoms with E-state index in [0.717, 1.165) is 24.2 Å². The van der Waals surface area contributed by atoms with Crippen LogP contribution >= 0.6 is 11.6 Å². The first-order valence-corrected chi connectivity index (χ1v) is 6.37. The molecule has 0 aliphatic carbocycles. The quantitative estimate of drug-likeness (QED) is 0.644. The zero-order valence-electron chi connectivity index (χ0n) is 10.3. The van der Waals surface area contributed by atoms with E-state index < -0.39 is 0 Å². The summed E-state index contributed by atoms with van der Waals surface area (Å²) in [5.41, 5.74) is 4.90.